The lowest BCUT2D eigenvalue weighted by atomic mass is 10.1. The Balaban J connectivity index is 2.49. The standard InChI is InChI=1S/C14H19BrFNO/c1-9(2)13(15)14(18)17-10(3)8-11-4-6-12(16)7-5-11/h4-7,9-10,13H,8H2,1-3H3,(H,17,18). The summed E-state index contributed by atoms with van der Waals surface area (Å²) >= 11 is 3.37. The quantitative estimate of drug-likeness (QED) is 0.830. The van der Waals surface area contributed by atoms with Crippen LogP contribution in [0.5, 0.6) is 0 Å². The van der Waals surface area contributed by atoms with Crippen LogP contribution in [0.3, 0.4) is 0 Å². The van der Waals surface area contributed by atoms with E-state index in [9.17, 15) is 9.18 Å². The molecule has 0 aliphatic rings. The number of halogens is 2. The van der Waals surface area contributed by atoms with Gasteiger partial charge in [0.2, 0.25) is 5.91 Å². The molecule has 2 nitrogen and oxygen atoms in total. The zero-order valence-electron chi connectivity index (χ0n) is 10.9. The van der Waals surface area contributed by atoms with Crippen LogP contribution in [0, 0.1) is 11.7 Å². The van der Waals surface area contributed by atoms with Crippen molar-refractivity contribution in [1.82, 2.24) is 5.32 Å². The van der Waals surface area contributed by atoms with Crippen molar-refractivity contribution in [1.29, 1.82) is 0 Å². The van der Waals surface area contributed by atoms with Gasteiger partial charge in [0.05, 0.1) is 4.83 Å². The molecule has 1 amide bonds. The van der Waals surface area contributed by atoms with Gasteiger partial charge in [-0.3, -0.25) is 4.79 Å². The minimum absolute atomic E-state index is 0.000360. The Hall–Kier alpha value is -0.900. The fraction of sp³-hybridized carbons (Fsp3) is 0.500. The van der Waals surface area contributed by atoms with E-state index in [0.29, 0.717) is 6.42 Å². The molecule has 0 saturated carbocycles. The van der Waals surface area contributed by atoms with Crippen LogP contribution in [0.4, 0.5) is 4.39 Å². The fourth-order valence-electron chi connectivity index (χ4n) is 1.65. The van der Waals surface area contributed by atoms with Crippen molar-refractivity contribution in [3.8, 4) is 0 Å². The first-order chi connectivity index (χ1) is 8.40. The van der Waals surface area contributed by atoms with Crippen molar-refractivity contribution in [2.24, 2.45) is 5.92 Å². The molecule has 0 aromatic heterocycles. The molecular formula is C14H19BrFNO. The maximum absolute atomic E-state index is 12.8. The minimum atomic E-state index is -0.240. The van der Waals surface area contributed by atoms with E-state index in [4.69, 9.17) is 0 Å². The second-order valence-corrected chi connectivity index (χ2v) is 5.87. The van der Waals surface area contributed by atoms with Crippen molar-refractivity contribution in [3.63, 3.8) is 0 Å². The van der Waals surface area contributed by atoms with E-state index < -0.39 is 0 Å². The van der Waals surface area contributed by atoms with Gasteiger partial charge in [-0.05, 0) is 37.0 Å². The van der Waals surface area contributed by atoms with Gasteiger partial charge in [0.15, 0.2) is 0 Å². The van der Waals surface area contributed by atoms with Gasteiger partial charge in [-0.1, -0.05) is 41.9 Å². The Kier molecular flexibility index (Phi) is 5.79. The molecular weight excluding hydrogens is 297 g/mol. The van der Waals surface area contributed by atoms with Crippen LogP contribution in [-0.2, 0) is 11.2 Å². The van der Waals surface area contributed by atoms with E-state index in [-0.39, 0.29) is 28.5 Å². The van der Waals surface area contributed by atoms with Crippen LogP contribution in [0.25, 0.3) is 0 Å². The lowest BCUT2D eigenvalue weighted by Crippen LogP contribution is -2.40. The molecule has 0 radical (unpaired) electrons. The summed E-state index contributed by atoms with van der Waals surface area (Å²) in [5, 5.41) is 2.94. The van der Waals surface area contributed by atoms with E-state index >= 15 is 0 Å². The summed E-state index contributed by atoms with van der Waals surface area (Å²) < 4.78 is 12.8. The summed E-state index contributed by atoms with van der Waals surface area (Å²) in [6.45, 7) is 5.93. The van der Waals surface area contributed by atoms with Gasteiger partial charge in [-0.15, -0.1) is 0 Å². The first kappa shape index (κ1) is 15.2. The summed E-state index contributed by atoms with van der Waals surface area (Å²) in [5.41, 5.74) is 1.01. The lowest BCUT2D eigenvalue weighted by Gasteiger charge is -2.18. The number of nitrogens with one attached hydrogen (secondary N) is 1. The summed E-state index contributed by atoms with van der Waals surface area (Å²) in [4.78, 5) is 11.6. The lowest BCUT2D eigenvalue weighted by molar-refractivity contribution is -0.121. The molecule has 0 aliphatic heterocycles. The highest BCUT2D eigenvalue weighted by Gasteiger charge is 2.19. The normalized spacial score (nSPS) is 14.3. The first-order valence-corrected chi connectivity index (χ1v) is 7.00. The van der Waals surface area contributed by atoms with Crippen molar-refractivity contribution >= 4 is 21.8 Å². The Morgan fingerprint density at radius 1 is 1.28 bits per heavy atom. The van der Waals surface area contributed by atoms with Crippen molar-refractivity contribution in [2.75, 3.05) is 0 Å². The topological polar surface area (TPSA) is 29.1 Å². The van der Waals surface area contributed by atoms with E-state index in [1.54, 1.807) is 12.1 Å². The van der Waals surface area contributed by atoms with Gasteiger partial charge in [-0.2, -0.15) is 0 Å². The molecule has 1 rings (SSSR count). The Bertz CT molecular complexity index is 391. The second-order valence-electron chi connectivity index (χ2n) is 4.89. The number of carbonyl (C=O) groups is 1. The largest absolute Gasteiger partial charge is 0.352 e. The van der Waals surface area contributed by atoms with Crippen LogP contribution < -0.4 is 5.32 Å². The van der Waals surface area contributed by atoms with E-state index in [1.807, 2.05) is 20.8 Å². The molecule has 0 heterocycles. The van der Waals surface area contributed by atoms with Crippen LogP contribution in [0.2, 0.25) is 0 Å². The molecule has 2 atom stereocenters. The molecule has 0 saturated heterocycles. The number of alkyl halides is 1. The number of rotatable bonds is 5. The Morgan fingerprint density at radius 3 is 2.33 bits per heavy atom. The predicted molar refractivity (Wildman–Crippen MR) is 75.3 cm³/mol. The predicted octanol–water partition coefficient (Wildman–Crippen LogP) is 3.29. The molecule has 1 aromatic carbocycles. The van der Waals surface area contributed by atoms with Gasteiger partial charge >= 0.3 is 0 Å². The van der Waals surface area contributed by atoms with Gasteiger partial charge in [0, 0.05) is 6.04 Å². The van der Waals surface area contributed by atoms with Gasteiger partial charge in [0.1, 0.15) is 5.82 Å². The molecule has 0 fully saturated rings. The number of carbonyl (C=O) groups excluding carboxylic acids is 1. The Labute approximate surface area is 116 Å². The average Bonchev–Trinajstić information content (AvgIpc) is 2.30. The summed E-state index contributed by atoms with van der Waals surface area (Å²) in [6, 6.07) is 6.39. The third kappa shape index (κ3) is 4.77. The third-order valence-electron chi connectivity index (χ3n) is 2.68. The molecule has 18 heavy (non-hydrogen) atoms. The summed E-state index contributed by atoms with van der Waals surface area (Å²) in [7, 11) is 0. The fourth-order valence-corrected chi connectivity index (χ4v) is 1.78. The highest BCUT2D eigenvalue weighted by Crippen LogP contribution is 2.12. The van der Waals surface area contributed by atoms with Crippen LogP contribution in [0.15, 0.2) is 24.3 Å². The number of hydrogen-bond acceptors (Lipinski definition) is 1. The van der Waals surface area contributed by atoms with Crippen LogP contribution in [0.1, 0.15) is 26.3 Å². The molecule has 0 aliphatic carbocycles. The number of benzene rings is 1. The van der Waals surface area contributed by atoms with Crippen molar-refractivity contribution in [3.05, 3.63) is 35.6 Å². The molecule has 0 bridgehead atoms. The summed E-state index contributed by atoms with van der Waals surface area (Å²) in [5.74, 6) is 0.0124. The van der Waals surface area contributed by atoms with Crippen molar-refractivity contribution in [2.45, 2.75) is 38.1 Å². The zero-order valence-corrected chi connectivity index (χ0v) is 12.5. The smallest absolute Gasteiger partial charge is 0.234 e. The number of amides is 1. The van der Waals surface area contributed by atoms with Gasteiger partial charge in [-0.25, -0.2) is 4.39 Å². The highest BCUT2D eigenvalue weighted by molar-refractivity contribution is 9.10. The van der Waals surface area contributed by atoms with E-state index in [0.717, 1.165) is 5.56 Å². The van der Waals surface area contributed by atoms with Crippen molar-refractivity contribution < 1.29 is 9.18 Å². The van der Waals surface area contributed by atoms with E-state index in [2.05, 4.69) is 21.2 Å². The molecule has 1 N–H and O–H groups in total. The first-order valence-electron chi connectivity index (χ1n) is 6.09. The molecule has 0 spiro atoms. The van der Waals surface area contributed by atoms with Gasteiger partial charge < -0.3 is 5.32 Å². The third-order valence-corrected chi connectivity index (χ3v) is 4.15. The average molecular weight is 316 g/mol. The maximum Gasteiger partial charge on any atom is 0.234 e. The monoisotopic (exact) mass is 315 g/mol. The van der Waals surface area contributed by atoms with Crippen LogP contribution >= 0.6 is 15.9 Å². The molecule has 100 valence electrons. The molecule has 4 heteroatoms. The highest BCUT2D eigenvalue weighted by atomic mass is 79.9. The molecule has 1 aromatic rings. The SMILES string of the molecule is CC(Cc1ccc(F)cc1)NC(=O)C(Br)C(C)C. The van der Waals surface area contributed by atoms with Gasteiger partial charge in [0.25, 0.3) is 0 Å². The minimum Gasteiger partial charge on any atom is -0.352 e. The Morgan fingerprint density at radius 2 is 1.83 bits per heavy atom. The molecule has 2 unspecified atom stereocenters. The maximum atomic E-state index is 12.8. The van der Waals surface area contributed by atoms with Crippen LogP contribution in [-0.4, -0.2) is 16.8 Å². The zero-order chi connectivity index (χ0) is 13.7. The summed E-state index contributed by atoms with van der Waals surface area (Å²) in [6.07, 6.45) is 0.698. The number of hydrogen-bond donors (Lipinski definition) is 1. The second kappa shape index (κ2) is 6.88. The van der Waals surface area contributed by atoms with E-state index in [1.165, 1.54) is 12.1 Å².